The highest BCUT2D eigenvalue weighted by molar-refractivity contribution is 6.30. The standard InChI is InChI=1S/C23H22ClNO4/c1-3-28-22-12-7-16(23(26)25-19-5-4-6-21(14-19)27-2)13-17(22)15-29-20-10-8-18(24)9-11-20/h4-14H,3,15H2,1-2H3,(H,25,26). The Kier molecular flexibility index (Phi) is 6.98. The third-order valence-corrected chi connectivity index (χ3v) is 4.41. The summed E-state index contributed by atoms with van der Waals surface area (Å²) in [6, 6.07) is 19.6. The average molecular weight is 412 g/mol. The summed E-state index contributed by atoms with van der Waals surface area (Å²) in [7, 11) is 1.58. The minimum atomic E-state index is -0.228. The number of rotatable bonds is 8. The van der Waals surface area contributed by atoms with E-state index in [-0.39, 0.29) is 12.5 Å². The van der Waals surface area contributed by atoms with Crippen molar-refractivity contribution in [3.63, 3.8) is 0 Å². The van der Waals surface area contributed by atoms with E-state index in [0.29, 0.717) is 40.1 Å². The molecule has 29 heavy (non-hydrogen) atoms. The lowest BCUT2D eigenvalue weighted by molar-refractivity contribution is 0.102. The second kappa shape index (κ2) is 9.85. The average Bonchev–Trinajstić information content (AvgIpc) is 2.74. The fraction of sp³-hybridized carbons (Fsp3) is 0.174. The third-order valence-electron chi connectivity index (χ3n) is 4.16. The van der Waals surface area contributed by atoms with Crippen molar-refractivity contribution in [1.29, 1.82) is 0 Å². The van der Waals surface area contributed by atoms with Crippen LogP contribution < -0.4 is 19.5 Å². The molecule has 3 rings (SSSR count). The van der Waals surface area contributed by atoms with E-state index in [0.717, 1.165) is 5.56 Å². The van der Waals surface area contributed by atoms with Crippen molar-refractivity contribution in [2.24, 2.45) is 0 Å². The van der Waals surface area contributed by atoms with Gasteiger partial charge in [0.25, 0.3) is 5.91 Å². The molecule has 150 valence electrons. The SMILES string of the molecule is CCOc1ccc(C(=O)Nc2cccc(OC)c2)cc1COc1ccc(Cl)cc1. The zero-order chi connectivity index (χ0) is 20.6. The van der Waals surface area contributed by atoms with Gasteiger partial charge in [-0.1, -0.05) is 17.7 Å². The maximum absolute atomic E-state index is 12.7. The molecule has 0 spiro atoms. The molecule has 5 nitrogen and oxygen atoms in total. The first-order valence-corrected chi connectivity index (χ1v) is 9.56. The van der Waals surface area contributed by atoms with E-state index < -0.39 is 0 Å². The van der Waals surface area contributed by atoms with Crippen molar-refractivity contribution in [3.8, 4) is 17.2 Å². The summed E-state index contributed by atoms with van der Waals surface area (Å²) < 4.78 is 16.7. The summed E-state index contributed by atoms with van der Waals surface area (Å²) in [6.45, 7) is 2.69. The van der Waals surface area contributed by atoms with E-state index in [2.05, 4.69) is 5.32 Å². The molecule has 1 N–H and O–H groups in total. The van der Waals surface area contributed by atoms with Gasteiger partial charge in [0.15, 0.2) is 0 Å². The molecule has 0 saturated heterocycles. The number of amides is 1. The van der Waals surface area contributed by atoms with Crippen LogP contribution in [0.2, 0.25) is 5.02 Å². The normalized spacial score (nSPS) is 10.3. The summed E-state index contributed by atoms with van der Waals surface area (Å²) in [5.41, 5.74) is 1.94. The van der Waals surface area contributed by atoms with Crippen molar-refractivity contribution in [2.45, 2.75) is 13.5 Å². The Labute approximate surface area is 175 Å². The number of anilines is 1. The number of hydrogen-bond donors (Lipinski definition) is 1. The summed E-state index contributed by atoms with van der Waals surface area (Å²) >= 11 is 5.91. The summed E-state index contributed by atoms with van der Waals surface area (Å²) in [5.74, 6) is 1.81. The largest absolute Gasteiger partial charge is 0.497 e. The maximum Gasteiger partial charge on any atom is 0.255 e. The summed E-state index contributed by atoms with van der Waals surface area (Å²) in [5, 5.41) is 3.52. The summed E-state index contributed by atoms with van der Waals surface area (Å²) in [4.78, 5) is 12.7. The van der Waals surface area contributed by atoms with Gasteiger partial charge in [0.1, 0.15) is 23.9 Å². The number of methoxy groups -OCH3 is 1. The fourth-order valence-electron chi connectivity index (χ4n) is 2.73. The Morgan fingerprint density at radius 2 is 1.76 bits per heavy atom. The number of nitrogens with one attached hydrogen (secondary N) is 1. The lowest BCUT2D eigenvalue weighted by Gasteiger charge is -2.14. The van der Waals surface area contributed by atoms with E-state index in [4.69, 9.17) is 25.8 Å². The van der Waals surface area contributed by atoms with E-state index in [1.807, 2.05) is 19.1 Å². The highest BCUT2D eigenvalue weighted by Crippen LogP contribution is 2.24. The third kappa shape index (κ3) is 5.65. The number of ether oxygens (including phenoxy) is 3. The molecule has 0 atom stereocenters. The first-order valence-electron chi connectivity index (χ1n) is 9.18. The predicted octanol–water partition coefficient (Wildman–Crippen LogP) is 5.58. The number of hydrogen-bond acceptors (Lipinski definition) is 4. The molecule has 0 radical (unpaired) electrons. The van der Waals surface area contributed by atoms with Crippen LogP contribution in [0, 0.1) is 0 Å². The lowest BCUT2D eigenvalue weighted by atomic mass is 10.1. The predicted molar refractivity (Wildman–Crippen MR) is 114 cm³/mol. The van der Waals surface area contributed by atoms with Crippen molar-refractivity contribution < 1.29 is 19.0 Å². The van der Waals surface area contributed by atoms with Crippen LogP contribution in [0.25, 0.3) is 0 Å². The van der Waals surface area contributed by atoms with Gasteiger partial charge in [0.2, 0.25) is 0 Å². The number of benzene rings is 3. The Balaban J connectivity index is 1.77. The number of carbonyl (C=O) groups is 1. The highest BCUT2D eigenvalue weighted by Gasteiger charge is 2.12. The Bertz CT molecular complexity index is 973. The monoisotopic (exact) mass is 411 g/mol. The number of carbonyl (C=O) groups excluding carboxylic acids is 1. The molecule has 0 aliphatic heterocycles. The second-order valence-electron chi connectivity index (χ2n) is 6.18. The minimum Gasteiger partial charge on any atom is -0.497 e. The van der Waals surface area contributed by atoms with Crippen LogP contribution >= 0.6 is 11.6 Å². The number of halogens is 1. The van der Waals surface area contributed by atoms with Gasteiger partial charge in [0, 0.05) is 27.9 Å². The first kappa shape index (κ1) is 20.6. The zero-order valence-corrected chi connectivity index (χ0v) is 17.0. The molecule has 3 aromatic carbocycles. The highest BCUT2D eigenvalue weighted by atomic mass is 35.5. The van der Waals surface area contributed by atoms with Crippen LogP contribution in [0.1, 0.15) is 22.8 Å². The van der Waals surface area contributed by atoms with Crippen molar-refractivity contribution in [1.82, 2.24) is 0 Å². The molecule has 0 heterocycles. The Hall–Kier alpha value is -3.18. The molecule has 0 fully saturated rings. The molecule has 3 aromatic rings. The van der Waals surface area contributed by atoms with Crippen LogP contribution in [-0.2, 0) is 6.61 Å². The topological polar surface area (TPSA) is 56.8 Å². The molecule has 6 heteroatoms. The Morgan fingerprint density at radius 3 is 2.48 bits per heavy atom. The van der Waals surface area contributed by atoms with Gasteiger partial charge < -0.3 is 19.5 Å². The van der Waals surface area contributed by atoms with Crippen molar-refractivity contribution in [2.75, 3.05) is 19.0 Å². The van der Waals surface area contributed by atoms with Crippen LogP contribution in [0.4, 0.5) is 5.69 Å². The van der Waals surface area contributed by atoms with Gasteiger partial charge in [-0.05, 0) is 61.5 Å². The molecule has 0 aliphatic rings. The Morgan fingerprint density at radius 1 is 0.966 bits per heavy atom. The van der Waals surface area contributed by atoms with Crippen LogP contribution in [0.3, 0.4) is 0 Å². The van der Waals surface area contributed by atoms with Gasteiger partial charge in [-0.25, -0.2) is 0 Å². The van der Waals surface area contributed by atoms with E-state index in [1.54, 1.807) is 61.7 Å². The molecular weight excluding hydrogens is 390 g/mol. The molecule has 1 amide bonds. The molecular formula is C23H22ClNO4. The molecule has 0 aliphatic carbocycles. The second-order valence-corrected chi connectivity index (χ2v) is 6.62. The first-order chi connectivity index (χ1) is 14.1. The quantitative estimate of drug-likeness (QED) is 0.525. The summed E-state index contributed by atoms with van der Waals surface area (Å²) in [6.07, 6.45) is 0. The molecule has 0 bridgehead atoms. The van der Waals surface area contributed by atoms with Crippen LogP contribution in [-0.4, -0.2) is 19.6 Å². The van der Waals surface area contributed by atoms with Crippen LogP contribution in [0.15, 0.2) is 66.7 Å². The van der Waals surface area contributed by atoms with Crippen molar-refractivity contribution >= 4 is 23.2 Å². The maximum atomic E-state index is 12.7. The molecule has 0 unspecified atom stereocenters. The van der Waals surface area contributed by atoms with Crippen molar-refractivity contribution in [3.05, 3.63) is 82.9 Å². The van der Waals surface area contributed by atoms with Gasteiger partial charge in [0.05, 0.1) is 13.7 Å². The minimum absolute atomic E-state index is 0.228. The fourth-order valence-corrected chi connectivity index (χ4v) is 2.85. The lowest BCUT2D eigenvalue weighted by Crippen LogP contribution is -2.13. The van der Waals surface area contributed by atoms with E-state index in [9.17, 15) is 4.79 Å². The van der Waals surface area contributed by atoms with Gasteiger partial charge in [-0.2, -0.15) is 0 Å². The van der Waals surface area contributed by atoms with E-state index >= 15 is 0 Å². The van der Waals surface area contributed by atoms with Gasteiger partial charge in [-0.15, -0.1) is 0 Å². The van der Waals surface area contributed by atoms with Crippen LogP contribution in [0.5, 0.6) is 17.2 Å². The van der Waals surface area contributed by atoms with Gasteiger partial charge >= 0.3 is 0 Å². The van der Waals surface area contributed by atoms with Gasteiger partial charge in [-0.3, -0.25) is 4.79 Å². The van der Waals surface area contributed by atoms with E-state index in [1.165, 1.54) is 0 Å². The zero-order valence-electron chi connectivity index (χ0n) is 16.3. The molecule has 0 saturated carbocycles. The smallest absolute Gasteiger partial charge is 0.255 e. The molecule has 0 aromatic heterocycles.